The normalized spacial score (nSPS) is 17.7. The molecule has 0 aromatic heterocycles. The van der Waals surface area contributed by atoms with E-state index in [0.29, 0.717) is 6.61 Å². The lowest BCUT2D eigenvalue weighted by Gasteiger charge is -2.36. The van der Waals surface area contributed by atoms with Crippen LogP contribution in [0, 0.1) is 0 Å². The minimum absolute atomic E-state index is 0.0625. The van der Waals surface area contributed by atoms with Gasteiger partial charge in [0, 0.05) is 5.69 Å². The van der Waals surface area contributed by atoms with Crippen molar-refractivity contribution in [2.24, 2.45) is 0 Å². The average Bonchev–Trinajstić information content (AvgIpc) is 3.22. The first-order valence-corrected chi connectivity index (χ1v) is 10.9. The van der Waals surface area contributed by atoms with Crippen LogP contribution >= 0.6 is 0 Å². The minimum Gasteiger partial charge on any atom is -0.492 e. The fourth-order valence-electron chi connectivity index (χ4n) is 4.55. The lowest BCUT2D eigenvalue weighted by Crippen LogP contribution is -3.19. The molecule has 154 valence electrons. The zero-order valence-corrected chi connectivity index (χ0v) is 17.5. The Labute approximate surface area is 173 Å². The van der Waals surface area contributed by atoms with Crippen molar-refractivity contribution in [3.63, 3.8) is 0 Å². The lowest BCUT2D eigenvalue weighted by molar-refractivity contribution is -0.914. The number of fused-ring (bicyclic) bond motifs is 1. The van der Waals surface area contributed by atoms with Crippen LogP contribution in [-0.2, 0) is 17.6 Å². The summed E-state index contributed by atoms with van der Waals surface area (Å²) in [6.45, 7) is 8.47. The Balaban J connectivity index is 1.34. The van der Waals surface area contributed by atoms with Gasteiger partial charge in [-0.15, -0.1) is 0 Å². The second-order valence-corrected chi connectivity index (χ2v) is 8.09. The predicted octanol–water partition coefficient (Wildman–Crippen LogP) is 2.31. The van der Waals surface area contributed by atoms with E-state index in [1.54, 1.807) is 0 Å². The van der Waals surface area contributed by atoms with E-state index < -0.39 is 0 Å². The monoisotopic (exact) mass is 394 g/mol. The summed E-state index contributed by atoms with van der Waals surface area (Å²) in [6, 6.07) is 14.5. The number of amides is 1. The van der Waals surface area contributed by atoms with Crippen molar-refractivity contribution in [2.45, 2.75) is 39.2 Å². The molecule has 2 aromatic rings. The third kappa shape index (κ3) is 4.40. The van der Waals surface area contributed by atoms with Crippen molar-refractivity contribution >= 4 is 17.3 Å². The highest BCUT2D eigenvalue weighted by atomic mass is 16.5. The molecule has 0 unspecified atom stereocenters. The van der Waals surface area contributed by atoms with Crippen LogP contribution in [0.4, 0.5) is 11.4 Å². The predicted molar refractivity (Wildman–Crippen MR) is 117 cm³/mol. The Morgan fingerprint density at radius 3 is 2.69 bits per heavy atom. The zero-order chi connectivity index (χ0) is 20.2. The number of anilines is 2. The van der Waals surface area contributed by atoms with E-state index in [0.717, 1.165) is 49.7 Å². The summed E-state index contributed by atoms with van der Waals surface area (Å²) < 4.78 is 5.79. The van der Waals surface area contributed by atoms with Gasteiger partial charge in [0.25, 0.3) is 5.91 Å². The quantitative estimate of drug-likeness (QED) is 0.790. The summed E-state index contributed by atoms with van der Waals surface area (Å²) in [7, 11) is 0. The molecule has 0 saturated carbocycles. The average molecular weight is 395 g/mol. The molecule has 0 bridgehead atoms. The summed E-state index contributed by atoms with van der Waals surface area (Å²) in [6.07, 6.45) is 3.52. The van der Waals surface area contributed by atoms with Crippen molar-refractivity contribution in [3.05, 3.63) is 53.6 Å². The molecular formula is C24H32N3O2+. The number of carbonyl (C=O) groups is 1. The molecule has 5 nitrogen and oxygen atoms in total. The van der Waals surface area contributed by atoms with Gasteiger partial charge in [-0.2, -0.15) is 0 Å². The van der Waals surface area contributed by atoms with Crippen molar-refractivity contribution in [1.29, 1.82) is 0 Å². The summed E-state index contributed by atoms with van der Waals surface area (Å²) in [5.74, 6) is 1.06. The van der Waals surface area contributed by atoms with Crippen molar-refractivity contribution in [1.82, 2.24) is 0 Å². The molecule has 1 amide bonds. The van der Waals surface area contributed by atoms with E-state index >= 15 is 0 Å². The topological polar surface area (TPSA) is 46.0 Å². The van der Waals surface area contributed by atoms with Gasteiger partial charge in [0.05, 0.1) is 38.5 Å². The van der Waals surface area contributed by atoms with Gasteiger partial charge in [0.15, 0.2) is 6.04 Å². The summed E-state index contributed by atoms with van der Waals surface area (Å²) in [5, 5.41) is 3.14. The summed E-state index contributed by atoms with van der Waals surface area (Å²) >= 11 is 0. The van der Waals surface area contributed by atoms with Crippen LogP contribution in [0.15, 0.2) is 42.5 Å². The van der Waals surface area contributed by atoms with Crippen LogP contribution < -0.4 is 19.9 Å². The molecule has 1 fully saturated rings. The number of nitrogens with zero attached hydrogens (tertiary/aromatic N) is 1. The molecule has 1 aliphatic carbocycles. The molecule has 29 heavy (non-hydrogen) atoms. The molecule has 1 aliphatic heterocycles. The number of ether oxygens (including phenoxy) is 1. The second kappa shape index (κ2) is 8.87. The van der Waals surface area contributed by atoms with Crippen LogP contribution in [0.1, 0.15) is 31.4 Å². The molecule has 2 aromatic carbocycles. The van der Waals surface area contributed by atoms with Gasteiger partial charge in [0.1, 0.15) is 5.75 Å². The van der Waals surface area contributed by atoms with Gasteiger partial charge >= 0.3 is 0 Å². The first-order chi connectivity index (χ1) is 14.2. The smallest absolute Gasteiger partial charge is 0.282 e. The van der Waals surface area contributed by atoms with E-state index in [2.05, 4.69) is 34.5 Å². The van der Waals surface area contributed by atoms with E-state index in [9.17, 15) is 4.79 Å². The number of para-hydroxylation sites is 2. The third-order valence-corrected chi connectivity index (χ3v) is 6.28. The fourth-order valence-corrected chi connectivity index (χ4v) is 4.55. The van der Waals surface area contributed by atoms with Gasteiger partial charge in [-0.25, -0.2) is 0 Å². The van der Waals surface area contributed by atoms with Gasteiger partial charge in [-0.05, 0) is 68.5 Å². The third-order valence-electron chi connectivity index (χ3n) is 6.28. The number of rotatable bonds is 6. The molecule has 1 saturated heterocycles. The molecule has 0 spiro atoms. The molecule has 2 N–H and O–H groups in total. The van der Waals surface area contributed by atoms with Gasteiger partial charge in [-0.3, -0.25) is 4.79 Å². The summed E-state index contributed by atoms with van der Waals surface area (Å²) in [4.78, 5) is 16.6. The number of benzene rings is 2. The first-order valence-electron chi connectivity index (χ1n) is 10.9. The highest BCUT2D eigenvalue weighted by Gasteiger charge is 2.30. The SMILES string of the molecule is CCOc1ccccc1N1CC[NH+]([C@@H](C)C(=O)Nc2ccc3c(c2)CCC3)CC1. The minimum atomic E-state index is -0.0625. The number of piperazine rings is 1. The maximum absolute atomic E-state index is 12.8. The Kier molecular flexibility index (Phi) is 6.05. The maximum atomic E-state index is 12.8. The molecule has 0 radical (unpaired) electrons. The highest BCUT2D eigenvalue weighted by Crippen LogP contribution is 2.28. The van der Waals surface area contributed by atoms with Crippen molar-refractivity contribution in [3.8, 4) is 5.75 Å². The number of hydrogen-bond donors (Lipinski definition) is 2. The van der Waals surface area contributed by atoms with Crippen molar-refractivity contribution in [2.75, 3.05) is 43.0 Å². The molecule has 5 heteroatoms. The standard InChI is InChI=1S/C24H31N3O2/c1-3-29-23-10-5-4-9-22(23)27-15-13-26(14-16-27)18(2)24(28)25-21-12-11-19-7-6-8-20(19)17-21/h4-5,9-12,17-18H,3,6-8,13-16H2,1-2H3,(H,25,28)/p+1/t18-/m0/s1. The maximum Gasteiger partial charge on any atom is 0.282 e. The lowest BCUT2D eigenvalue weighted by atomic mass is 10.1. The Hall–Kier alpha value is -2.53. The molecule has 1 atom stereocenters. The highest BCUT2D eigenvalue weighted by molar-refractivity contribution is 5.93. The van der Waals surface area contributed by atoms with Gasteiger partial charge in [0.2, 0.25) is 0 Å². The number of quaternary nitrogens is 1. The van der Waals surface area contributed by atoms with Crippen LogP contribution in [0.3, 0.4) is 0 Å². The number of aryl methyl sites for hydroxylation is 2. The Bertz CT molecular complexity index is 859. The molecule has 1 heterocycles. The largest absolute Gasteiger partial charge is 0.492 e. The van der Waals surface area contributed by atoms with E-state index in [1.165, 1.54) is 28.9 Å². The van der Waals surface area contributed by atoms with Crippen LogP contribution in [0.25, 0.3) is 0 Å². The van der Waals surface area contributed by atoms with E-state index in [1.807, 2.05) is 32.0 Å². The fraction of sp³-hybridized carbons (Fsp3) is 0.458. The van der Waals surface area contributed by atoms with E-state index in [4.69, 9.17) is 4.74 Å². The Morgan fingerprint density at radius 1 is 1.14 bits per heavy atom. The van der Waals surface area contributed by atoms with Gasteiger partial charge in [-0.1, -0.05) is 18.2 Å². The van der Waals surface area contributed by atoms with Crippen LogP contribution in [0.2, 0.25) is 0 Å². The number of nitrogens with one attached hydrogen (secondary N) is 2. The second-order valence-electron chi connectivity index (χ2n) is 8.09. The van der Waals surface area contributed by atoms with E-state index in [-0.39, 0.29) is 11.9 Å². The summed E-state index contributed by atoms with van der Waals surface area (Å²) in [5.41, 5.74) is 4.92. The van der Waals surface area contributed by atoms with Crippen molar-refractivity contribution < 1.29 is 14.4 Å². The van der Waals surface area contributed by atoms with Crippen LogP contribution in [0.5, 0.6) is 5.75 Å². The first kappa shape index (κ1) is 19.8. The van der Waals surface area contributed by atoms with Gasteiger partial charge < -0.3 is 19.9 Å². The number of carbonyl (C=O) groups excluding carboxylic acids is 1. The Morgan fingerprint density at radius 2 is 1.90 bits per heavy atom. The van der Waals surface area contributed by atoms with Crippen LogP contribution in [-0.4, -0.2) is 44.7 Å². The number of hydrogen-bond acceptors (Lipinski definition) is 3. The molecular weight excluding hydrogens is 362 g/mol. The molecule has 4 rings (SSSR count). The zero-order valence-electron chi connectivity index (χ0n) is 17.5. The molecule has 2 aliphatic rings.